The summed E-state index contributed by atoms with van der Waals surface area (Å²) in [5.74, 6) is 0.101. The zero-order chi connectivity index (χ0) is 12.3. The van der Waals surface area contributed by atoms with Crippen molar-refractivity contribution in [2.45, 2.75) is 45.5 Å². The minimum absolute atomic E-state index is 0.0215. The molecule has 0 saturated carbocycles. The first-order chi connectivity index (χ1) is 7.30. The van der Waals surface area contributed by atoms with Gasteiger partial charge in [-0.25, -0.2) is 0 Å². The van der Waals surface area contributed by atoms with Crippen molar-refractivity contribution in [3.8, 4) is 0 Å². The van der Waals surface area contributed by atoms with Crippen LogP contribution >= 0.6 is 7.60 Å². The lowest BCUT2D eigenvalue weighted by Gasteiger charge is -2.18. The molecule has 0 aromatic rings. The van der Waals surface area contributed by atoms with E-state index in [1.54, 1.807) is 0 Å². The van der Waals surface area contributed by atoms with Gasteiger partial charge in [0.1, 0.15) is 6.10 Å². The lowest BCUT2D eigenvalue weighted by molar-refractivity contribution is -0.0130. The van der Waals surface area contributed by atoms with Gasteiger partial charge in [0.25, 0.3) is 0 Å². The molecule has 0 spiro atoms. The van der Waals surface area contributed by atoms with Gasteiger partial charge in [-0.3, -0.25) is 4.57 Å². The smallest absolute Gasteiger partial charge is 0.328 e. The van der Waals surface area contributed by atoms with Crippen molar-refractivity contribution >= 4 is 7.60 Å². The fraction of sp³-hybridized carbons (Fsp3) is 1.00. The summed E-state index contributed by atoms with van der Waals surface area (Å²) in [6, 6.07) is 0. The van der Waals surface area contributed by atoms with Crippen LogP contribution in [0.4, 0.5) is 0 Å². The van der Waals surface area contributed by atoms with E-state index in [1.807, 2.05) is 20.8 Å². The van der Waals surface area contributed by atoms with Crippen LogP contribution in [-0.2, 0) is 13.8 Å². The minimum atomic E-state index is -3.54. The van der Waals surface area contributed by atoms with Crippen molar-refractivity contribution in [2.24, 2.45) is 5.92 Å². The Morgan fingerprint density at radius 1 is 1.56 bits per heavy atom. The summed E-state index contributed by atoms with van der Waals surface area (Å²) in [7, 11) is -3.54. The first-order valence-corrected chi connectivity index (χ1v) is 7.36. The Kier molecular flexibility index (Phi) is 4.95. The van der Waals surface area contributed by atoms with Crippen molar-refractivity contribution < 1.29 is 23.8 Å². The Morgan fingerprint density at radius 2 is 2.19 bits per heavy atom. The van der Waals surface area contributed by atoms with Crippen LogP contribution in [0.5, 0.6) is 0 Å². The average molecular weight is 252 g/mol. The van der Waals surface area contributed by atoms with Crippen LogP contribution in [0.1, 0.15) is 27.2 Å². The Morgan fingerprint density at radius 3 is 2.62 bits per heavy atom. The van der Waals surface area contributed by atoms with E-state index in [0.717, 1.165) is 0 Å². The molecule has 6 heteroatoms. The molecule has 1 saturated heterocycles. The Labute approximate surface area is 96.3 Å². The second kappa shape index (κ2) is 5.61. The van der Waals surface area contributed by atoms with Gasteiger partial charge in [0.15, 0.2) is 0 Å². The molecule has 0 radical (unpaired) electrons. The number of hydrogen-bond acceptors (Lipinski definition) is 4. The molecular weight excluding hydrogens is 231 g/mol. The second-order valence-corrected chi connectivity index (χ2v) is 6.70. The number of aliphatic hydroxyl groups excluding tert-OH is 1. The number of hydrogen-bond donors (Lipinski definition) is 2. The molecule has 4 atom stereocenters. The molecule has 0 aliphatic carbocycles. The van der Waals surface area contributed by atoms with E-state index in [9.17, 15) is 14.6 Å². The highest BCUT2D eigenvalue weighted by Gasteiger charge is 2.33. The quantitative estimate of drug-likeness (QED) is 0.723. The maximum Gasteiger partial charge on any atom is 0.328 e. The normalized spacial score (nSPS) is 34.2. The molecule has 5 nitrogen and oxygen atoms in total. The van der Waals surface area contributed by atoms with Gasteiger partial charge in [0, 0.05) is 6.42 Å². The molecule has 1 aliphatic heterocycles. The van der Waals surface area contributed by atoms with Crippen molar-refractivity contribution in [1.82, 2.24) is 0 Å². The van der Waals surface area contributed by atoms with E-state index < -0.39 is 19.8 Å². The number of aliphatic hydroxyl groups is 1. The highest BCUT2D eigenvalue weighted by molar-refractivity contribution is 7.52. The largest absolute Gasteiger partial charge is 0.390 e. The van der Waals surface area contributed by atoms with Crippen LogP contribution in [0.25, 0.3) is 0 Å². The van der Waals surface area contributed by atoms with Gasteiger partial charge in [0.2, 0.25) is 0 Å². The molecular formula is C10H21O5P. The summed E-state index contributed by atoms with van der Waals surface area (Å²) >= 11 is 0. The zero-order valence-electron chi connectivity index (χ0n) is 10.00. The van der Waals surface area contributed by atoms with Crippen molar-refractivity contribution in [3.05, 3.63) is 0 Å². The third kappa shape index (κ3) is 4.52. The van der Waals surface area contributed by atoms with Crippen LogP contribution in [0.2, 0.25) is 0 Å². The monoisotopic (exact) mass is 252 g/mol. The first-order valence-electron chi connectivity index (χ1n) is 5.60. The van der Waals surface area contributed by atoms with Gasteiger partial charge in [-0.2, -0.15) is 0 Å². The molecule has 4 unspecified atom stereocenters. The molecule has 1 fully saturated rings. The van der Waals surface area contributed by atoms with E-state index in [-0.39, 0.29) is 24.8 Å². The van der Waals surface area contributed by atoms with Crippen LogP contribution in [0.3, 0.4) is 0 Å². The predicted molar refractivity (Wildman–Crippen MR) is 60.4 cm³/mol. The number of rotatable bonds is 5. The third-order valence-electron chi connectivity index (χ3n) is 2.45. The van der Waals surface area contributed by atoms with Gasteiger partial charge >= 0.3 is 7.60 Å². The van der Waals surface area contributed by atoms with Gasteiger partial charge < -0.3 is 19.3 Å². The predicted octanol–water partition coefficient (Wildman–Crippen LogP) is 1.38. The lowest BCUT2D eigenvalue weighted by Crippen LogP contribution is -2.26. The molecule has 0 bridgehead atoms. The summed E-state index contributed by atoms with van der Waals surface area (Å²) in [4.78, 5) is 9.49. The Hall–Kier alpha value is 0.0700. The van der Waals surface area contributed by atoms with E-state index in [0.29, 0.717) is 6.42 Å². The van der Waals surface area contributed by atoms with Gasteiger partial charge in [-0.15, -0.1) is 0 Å². The lowest BCUT2D eigenvalue weighted by atomic mass is 10.1. The molecule has 1 aliphatic rings. The molecule has 0 amide bonds. The standard InChI is InChI=1S/C10H21O5P/c1-7(2)6-16(12,13)14-5-10-9(11)4-8(3)15-10/h7-11H,4-6H2,1-3H3,(H,12,13). The van der Waals surface area contributed by atoms with Gasteiger partial charge in [-0.1, -0.05) is 13.8 Å². The van der Waals surface area contributed by atoms with Gasteiger partial charge in [0.05, 0.1) is 25.0 Å². The van der Waals surface area contributed by atoms with Crippen LogP contribution in [-0.4, -0.2) is 41.1 Å². The highest BCUT2D eigenvalue weighted by Crippen LogP contribution is 2.44. The molecule has 2 N–H and O–H groups in total. The van der Waals surface area contributed by atoms with Gasteiger partial charge in [-0.05, 0) is 12.8 Å². The third-order valence-corrected chi connectivity index (χ3v) is 4.19. The molecule has 1 heterocycles. The molecule has 1 rings (SSSR count). The Balaban J connectivity index is 2.36. The average Bonchev–Trinajstić information content (AvgIpc) is 2.39. The summed E-state index contributed by atoms with van der Waals surface area (Å²) in [5.41, 5.74) is 0. The highest BCUT2D eigenvalue weighted by atomic mass is 31.2. The summed E-state index contributed by atoms with van der Waals surface area (Å²) in [6.07, 6.45) is -0.428. The maximum atomic E-state index is 11.6. The van der Waals surface area contributed by atoms with E-state index in [4.69, 9.17) is 9.26 Å². The van der Waals surface area contributed by atoms with Crippen LogP contribution in [0, 0.1) is 5.92 Å². The Bertz CT molecular complexity index is 268. The molecule has 16 heavy (non-hydrogen) atoms. The second-order valence-electron chi connectivity index (χ2n) is 4.80. The fourth-order valence-corrected chi connectivity index (χ4v) is 3.20. The van der Waals surface area contributed by atoms with Crippen LogP contribution < -0.4 is 0 Å². The topological polar surface area (TPSA) is 76.0 Å². The SMILES string of the molecule is CC(C)CP(=O)(O)OCC1OC(C)CC1O. The van der Waals surface area contributed by atoms with Crippen molar-refractivity contribution in [3.63, 3.8) is 0 Å². The van der Waals surface area contributed by atoms with E-state index in [1.165, 1.54) is 0 Å². The summed E-state index contributed by atoms with van der Waals surface area (Å²) in [5, 5.41) is 9.56. The van der Waals surface area contributed by atoms with E-state index in [2.05, 4.69) is 0 Å². The molecule has 0 aromatic heterocycles. The summed E-state index contributed by atoms with van der Waals surface area (Å²) in [6.45, 7) is 5.55. The zero-order valence-corrected chi connectivity index (χ0v) is 10.9. The van der Waals surface area contributed by atoms with Crippen molar-refractivity contribution in [2.75, 3.05) is 12.8 Å². The molecule has 96 valence electrons. The minimum Gasteiger partial charge on any atom is -0.390 e. The summed E-state index contributed by atoms with van der Waals surface area (Å²) < 4.78 is 21.9. The number of ether oxygens (including phenoxy) is 1. The van der Waals surface area contributed by atoms with Crippen LogP contribution in [0.15, 0.2) is 0 Å². The fourth-order valence-electron chi connectivity index (χ4n) is 1.79. The van der Waals surface area contributed by atoms with Crippen molar-refractivity contribution in [1.29, 1.82) is 0 Å². The molecule has 0 aromatic carbocycles. The maximum absolute atomic E-state index is 11.6. The first kappa shape index (κ1) is 14.1. The van der Waals surface area contributed by atoms with E-state index >= 15 is 0 Å².